The second kappa shape index (κ2) is 3.81. The maximum atomic E-state index is 13.2. The van der Waals surface area contributed by atoms with E-state index in [0.29, 0.717) is 16.8 Å². The van der Waals surface area contributed by atoms with E-state index in [0.717, 1.165) is 10.6 Å². The van der Waals surface area contributed by atoms with Gasteiger partial charge in [0.15, 0.2) is 0 Å². The predicted molar refractivity (Wildman–Crippen MR) is 59.1 cm³/mol. The van der Waals surface area contributed by atoms with E-state index in [9.17, 15) is 12.8 Å². The van der Waals surface area contributed by atoms with E-state index in [2.05, 4.69) is 0 Å². The van der Waals surface area contributed by atoms with Gasteiger partial charge in [0, 0.05) is 7.05 Å². The zero-order valence-corrected chi connectivity index (χ0v) is 10.0. The average Bonchev–Trinajstić information content (AvgIpc) is 2.08. The fourth-order valence-corrected chi connectivity index (χ4v) is 1.84. The number of benzene rings is 1. The summed E-state index contributed by atoms with van der Waals surface area (Å²) in [5, 5.41) is 0. The Morgan fingerprint density at radius 3 is 2.20 bits per heavy atom. The first kappa shape index (κ1) is 12.0. The summed E-state index contributed by atoms with van der Waals surface area (Å²) >= 11 is 0. The number of halogens is 1. The van der Waals surface area contributed by atoms with Crippen molar-refractivity contribution < 1.29 is 12.8 Å². The number of anilines is 1. The Balaban J connectivity index is 3.33. The minimum absolute atomic E-state index is 0.321. The molecule has 0 aliphatic rings. The summed E-state index contributed by atoms with van der Waals surface area (Å²) < 4.78 is 36.9. The highest BCUT2D eigenvalue weighted by Gasteiger charge is 2.15. The molecule has 1 aromatic rings. The van der Waals surface area contributed by atoms with E-state index >= 15 is 0 Å². The van der Waals surface area contributed by atoms with Crippen LogP contribution >= 0.6 is 0 Å². The molecule has 0 bridgehead atoms. The topological polar surface area (TPSA) is 37.4 Å². The molecule has 15 heavy (non-hydrogen) atoms. The monoisotopic (exact) mass is 231 g/mol. The summed E-state index contributed by atoms with van der Waals surface area (Å²) in [6.45, 7) is 3.29. The third-order valence-corrected chi connectivity index (χ3v) is 3.51. The molecule has 0 amide bonds. The van der Waals surface area contributed by atoms with Crippen LogP contribution in [-0.4, -0.2) is 21.7 Å². The molecule has 0 radical (unpaired) electrons. The minimum atomic E-state index is -3.30. The van der Waals surface area contributed by atoms with Crippen molar-refractivity contribution in [2.45, 2.75) is 13.8 Å². The standard InChI is InChI=1S/C10H14FNO2S/c1-7-6-10(8(2)5-9(7)11)12(3)15(4,13)14/h5-6H,1-4H3. The Labute approximate surface area is 89.6 Å². The quantitative estimate of drug-likeness (QED) is 0.778. The predicted octanol–water partition coefficient (Wildman–Crippen LogP) is 1.84. The van der Waals surface area contributed by atoms with Crippen molar-refractivity contribution in [2.24, 2.45) is 0 Å². The highest BCUT2D eigenvalue weighted by Crippen LogP contribution is 2.24. The lowest BCUT2D eigenvalue weighted by molar-refractivity contribution is 0.599. The van der Waals surface area contributed by atoms with E-state index in [-0.39, 0.29) is 5.82 Å². The van der Waals surface area contributed by atoms with Crippen LogP contribution in [0.25, 0.3) is 0 Å². The van der Waals surface area contributed by atoms with Crippen LogP contribution in [0.15, 0.2) is 12.1 Å². The van der Waals surface area contributed by atoms with Crippen molar-refractivity contribution in [3.05, 3.63) is 29.1 Å². The fourth-order valence-electron chi connectivity index (χ4n) is 1.28. The number of aryl methyl sites for hydroxylation is 2. The number of nitrogens with zero attached hydrogens (tertiary/aromatic N) is 1. The molecule has 3 nitrogen and oxygen atoms in total. The molecule has 5 heteroatoms. The lowest BCUT2D eigenvalue weighted by atomic mass is 10.1. The Hall–Kier alpha value is -1.10. The molecule has 1 rings (SSSR count). The fraction of sp³-hybridized carbons (Fsp3) is 0.400. The Bertz CT molecular complexity index is 482. The first-order valence-electron chi connectivity index (χ1n) is 4.44. The van der Waals surface area contributed by atoms with Gasteiger partial charge in [0.05, 0.1) is 11.9 Å². The number of sulfonamides is 1. The van der Waals surface area contributed by atoms with Crippen molar-refractivity contribution in [1.29, 1.82) is 0 Å². The Kier molecular flexibility index (Phi) is 3.04. The maximum absolute atomic E-state index is 13.2. The van der Waals surface area contributed by atoms with Gasteiger partial charge in [-0.2, -0.15) is 0 Å². The van der Waals surface area contributed by atoms with Crippen LogP contribution in [0.5, 0.6) is 0 Å². The molecule has 0 aliphatic carbocycles. The van der Waals surface area contributed by atoms with Crippen molar-refractivity contribution in [3.63, 3.8) is 0 Å². The van der Waals surface area contributed by atoms with Crippen molar-refractivity contribution in [1.82, 2.24) is 0 Å². The molecule has 84 valence electrons. The summed E-state index contributed by atoms with van der Waals surface area (Å²) in [4.78, 5) is 0. The van der Waals surface area contributed by atoms with Gasteiger partial charge in [-0.15, -0.1) is 0 Å². The van der Waals surface area contributed by atoms with Gasteiger partial charge in [-0.05, 0) is 37.1 Å². The first-order valence-corrected chi connectivity index (χ1v) is 6.29. The Morgan fingerprint density at radius 2 is 1.73 bits per heavy atom. The minimum Gasteiger partial charge on any atom is -0.273 e. The molecule has 0 atom stereocenters. The highest BCUT2D eigenvalue weighted by atomic mass is 32.2. The first-order chi connectivity index (χ1) is 6.73. The molecule has 0 saturated carbocycles. The van der Waals surface area contributed by atoms with E-state index in [1.165, 1.54) is 19.2 Å². The van der Waals surface area contributed by atoms with Gasteiger partial charge in [0.2, 0.25) is 10.0 Å². The Morgan fingerprint density at radius 1 is 1.20 bits per heavy atom. The lowest BCUT2D eigenvalue weighted by Gasteiger charge is -2.19. The smallest absolute Gasteiger partial charge is 0.232 e. The van der Waals surface area contributed by atoms with Gasteiger partial charge in [-0.1, -0.05) is 0 Å². The van der Waals surface area contributed by atoms with E-state index in [1.807, 2.05) is 0 Å². The van der Waals surface area contributed by atoms with Gasteiger partial charge in [-0.25, -0.2) is 12.8 Å². The largest absolute Gasteiger partial charge is 0.273 e. The molecule has 0 unspecified atom stereocenters. The number of rotatable bonds is 2. The zero-order chi connectivity index (χ0) is 11.8. The molecule has 0 spiro atoms. The zero-order valence-electron chi connectivity index (χ0n) is 9.20. The van der Waals surface area contributed by atoms with Crippen LogP contribution in [0.4, 0.5) is 10.1 Å². The highest BCUT2D eigenvalue weighted by molar-refractivity contribution is 7.92. The second-order valence-corrected chi connectivity index (χ2v) is 5.63. The third-order valence-electron chi connectivity index (χ3n) is 2.31. The van der Waals surface area contributed by atoms with Gasteiger partial charge in [0.25, 0.3) is 0 Å². The van der Waals surface area contributed by atoms with E-state index < -0.39 is 10.0 Å². The molecule has 0 N–H and O–H groups in total. The molecule has 0 saturated heterocycles. The normalized spacial score (nSPS) is 11.5. The van der Waals surface area contributed by atoms with Crippen LogP contribution in [0.1, 0.15) is 11.1 Å². The molecule has 0 aliphatic heterocycles. The van der Waals surface area contributed by atoms with Crippen LogP contribution in [-0.2, 0) is 10.0 Å². The van der Waals surface area contributed by atoms with Crippen LogP contribution in [0, 0.1) is 19.7 Å². The number of hydrogen-bond donors (Lipinski definition) is 0. The SMILES string of the molecule is Cc1cc(N(C)S(C)(=O)=O)c(C)cc1F. The van der Waals surface area contributed by atoms with E-state index in [1.54, 1.807) is 13.8 Å². The molecule has 0 aromatic heterocycles. The van der Waals surface area contributed by atoms with Crippen molar-refractivity contribution in [2.75, 3.05) is 17.6 Å². The third kappa shape index (κ3) is 2.47. The van der Waals surface area contributed by atoms with Crippen molar-refractivity contribution in [3.8, 4) is 0 Å². The molecule has 0 heterocycles. The summed E-state index contributed by atoms with van der Waals surface area (Å²) in [6.07, 6.45) is 1.12. The molecule has 0 fully saturated rings. The summed E-state index contributed by atoms with van der Waals surface area (Å²) in [6, 6.07) is 2.87. The summed E-state index contributed by atoms with van der Waals surface area (Å²) in [5.74, 6) is -0.321. The second-order valence-electron chi connectivity index (χ2n) is 3.62. The van der Waals surface area contributed by atoms with Crippen LogP contribution < -0.4 is 4.31 Å². The molecular weight excluding hydrogens is 217 g/mol. The van der Waals surface area contributed by atoms with E-state index in [4.69, 9.17) is 0 Å². The van der Waals surface area contributed by atoms with Gasteiger partial charge < -0.3 is 0 Å². The van der Waals surface area contributed by atoms with Gasteiger partial charge >= 0.3 is 0 Å². The van der Waals surface area contributed by atoms with Crippen LogP contribution in [0.2, 0.25) is 0 Å². The summed E-state index contributed by atoms with van der Waals surface area (Å²) in [7, 11) is -1.84. The van der Waals surface area contributed by atoms with Gasteiger partial charge in [0.1, 0.15) is 5.82 Å². The lowest BCUT2D eigenvalue weighted by Crippen LogP contribution is -2.25. The van der Waals surface area contributed by atoms with Crippen molar-refractivity contribution >= 4 is 15.7 Å². The molecule has 1 aromatic carbocycles. The number of hydrogen-bond acceptors (Lipinski definition) is 2. The van der Waals surface area contributed by atoms with Gasteiger partial charge in [-0.3, -0.25) is 4.31 Å². The average molecular weight is 231 g/mol. The van der Waals surface area contributed by atoms with Crippen LogP contribution in [0.3, 0.4) is 0 Å². The molecular formula is C10H14FNO2S. The maximum Gasteiger partial charge on any atom is 0.232 e. The summed E-state index contributed by atoms with van der Waals surface area (Å²) in [5.41, 5.74) is 1.55.